The number of hydrogen-bond acceptors (Lipinski definition) is 5. The second-order valence-electron chi connectivity index (χ2n) is 7.53. The molecule has 0 aliphatic carbocycles. The molecule has 2 amide bonds. The summed E-state index contributed by atoms with van der Waals surface area (Å²) in [6.45, 7) is 2.08. The van der Waals surface area contributed by atoms with Crippen LogP contribution in [-0.4, -0.2) is 41.4 Å². The molecule has 8 nitrogen and oxygen atoms in total. The summed E-state index contributed by atoms with van der Waals surface area (Å²) in [5, 5.41) is 5.53. The first-order valence-electron chi connectivity index (χ1n) is 10.1. The van der Waals surface area contributed by atoms with E-state index in [4.69, 9.17) is 0 Å². The number of nitrogens with one attached hydrogen (secondary N) is 3. The summed E-state index contributed by atoms with van der Waals surface area (Å²) < 4.78 is 0. The summed E-state index contributed by atoms with van der Waals surface area (Å²) >= 11 is 0. The lowest BCUT2D eigenvalue weighted by atomic mass is 9.92. The van der Waals surface area contributed by atoms with Gasteiger partial charge in [-0.05, 0) is 31.2 Å². The monoisotopic (exact) mass is 395 g/mol. The van der Waals surface area contributed by atoms with E-state index < -0.39 is 5.92 Å². The quantitative estimate of drug-likeness (QED) is 0.712. The molecule has 1 fully saturated rings. The normalized spacial score (nSPS) is 18.7. The second kappa shape index (κ2) is 8.46. The van der Waals surface area contributed by atoms with Crippen molar-refractivity contribution in [2.75, 3.05) is 29.9 Å². The van der Waals surface area contributed by atoms with Gasteiger partial charge in [-0.25, -0.2) is 0 Å². The second-order valence-corrected chi connectivity index (χ2v) is 7.53. The average molecular weight is 395 g/mol. The zero-order chi connectivity index (χ0) is 20.2. The Hall–Kier alpha value is -3.16. The maximum atomic E-state index is 12.8. The number of benzene rings is 1. The highest BCUT2D eigenvalue weighted by atomic mass is 16.2. The maximum Gasteiger partial charge on any atom is 0.258 e. The van der Waals surface area contributed by atoms with Crippen molar-refractivity contribution < 1.29 is 9.59 Å². The van der Waals surface area contributed by atoms with Crippen molar-refractivity contribution in [3.63, 3.8) is 0 Å². The number of carbonyl (C=O) groups is 2. The number of aromatic nitrogens is 2. The molecule has 8 heteroatoms. The Bertz CT molecular complexity index is 951. The molecule has 1 aromatic heterocycles. The Morgan fingerprint density at radius 2 is 1.90 bits per heavy atom. The Balaban J connectivity index is 1.51. The highest BCUT2D eigenvalue weighted by Gasteiger charge is 2.35. The van der Waals surface area contributed by atoms with Gasteiger partial charge < -0.3 is 15.5 Å². The van der Waals surface area contributed by atoms with Crippen LogP contribution in [0.4, 0.5) is 11.8 Å². The third-order valence-corrected chi connectivity index (χ3v) is 5.47. The molecule has 0 unspecified atom stereocenters. The molecule has 4 rings (SSSR count). The Kier molecular flexibility index (Phi) is 5.59. The molecule has 29 heavy (non-hydrogen) atoms. The topological polar surface area (TPSA) is 107 Å². The lowest BCUT2D eigenvalue weighted by Gasteiger charge is -2.29. The van der Waals surface area contributed by atoms with E-state index in [1.807, 2.05) is 35.2 Å². The van der Waals surface area contributed by atoms with Crippen molar-refractivity contribution >= 4 is 23.6 Å². The van der Waals surface area contributed by atoms with Crippen LogP contribution in [0.25, 0.3) is 0 Å². The molecule has 3 heterocycles. The molecule has 1 saturated heterocycles. The summed E-state index contributed by atoms with van der Waals surface area (Å²) in [7, 11) is 0. The van der Waals surface area contributed by atoms with Gasteiger partial charge in [-0.1, -0.05) is 30.3 Å². The van der Waals surface area contributed by atoms with Crippen molar-refractivity contribution in [2.45, 2.75) is 38.0 Å². The molecule has 2 aliphatic rings. The average Bonchev–Trinajstić information content (AvgIpc) is 2.74. The van der Waals surface area contributed by atoms with Crippen LogP contribution in [0, 0.1) is 0 Å². The van der Waals surface area contributed by atoms with Crippen LogP contribution in [0.15, 0.2) is 35.1 Å². The first-order chi connectivity index (χ1) is 14.1. The van der Waals surface area contributed by atoms with E-state index in [9.17, 15) is 14.4 Å². The van der Waals surface area contributed by atoms with Gasteiger partial charge in [0.1, 0.15) is 5.82 Å². The van der Waals surface area contributed by atoms with Gasteiger partial charge in [-0.15, -0.1) is 0 Å². The minimum Gasteiger partial charge on any atom is -0.355 e. The molecule has 0 radical (unpaired) electrons. The largest absolute Gasteiger partial charge is 0.355 e. The van der Waals surface area contributed by atoms with Gasteiger partial charge in [0.15, 0.2) is 0 Å². The molecule has 2 aromatic rings. The predicted molar refractivity (Wildman–Crippen MR) is 110 cm³/mol. The number of amides is 2. The van der Waals surface area contributed by atoms with E-state index in [1.54, 1.807) is 0 Å². The van der Waals surface area contributed by atoms with E-state index in [2.05, 4.69) is 20.6 Å². The van der Waals surface area contributed by atoms with Crippen LogP contribution in [-0.2, 0) is 16.0 Å². The number of anilines is 2. The summed E-state index contributed by atoms with van der Waals surface area (Å²) in [5.41, 5.74) is 0.988. The molecular formula is C21H25N5O3. The fourth-order valence-electron chi connectivity index (χ4n) is 3.94. The molecule has 0 bridgehead atoms. The van der Waals surface area contributed by atoms with Gasteiger partial charge in [0.2, 0.25) is 17.8 Å². The standard InChI is InChI=1S/C21H25N5O3/c27-16-13-15(19(28)22-10-9-14-7-3-1-4-8-14)17-18(23-16)24-21(25-20(17)29)26-11-5-2-6-12-26/h1,3-4,7-8,15H,2,5-6,9-13H2,(H,22,28)(H2,23,24,25,27,29)/t15-/m1/s1. The van der Waals surface area contributed by atoms with Crippen molar-refractivity contribution in [2.24, 2.45) is 0 Å². The van der Waals surface area contributed by atoms with Crippen LogP contribution in [0.2, 0.25) is 0 Å². The van der Waals surface area contributed by atoms with Crippen LogP contribution in [0.5, 0.6) is 0 Å². The fraction of sp³-hybridized carbons (Fsp3) is 0.429. The summed E-state index contributed by atoms with van der Waals surface area (Å²) in [6.07, 6.45) is 3.87. The van der Waals surface area contributed by atoms with Crippen molar-refractivity contribution in [3.05, 3.63) is 51.8 Å². The van der Waals surface area contributed by atoms with Crippen LogP contribution in [0.3, 0.4) is 0 Å². The Labute approximate surface area is 168 Å². The number of hydrogen-bond donors (Lipinski definition) is 3. The van der Waals surface area contributed by atoms with Crippen molar-refractivity contribution in [1.29, 1.82) is 0 Å². The Morgan fingerprint density at radius 1 is 1.14 bits per heavy atom. The van der Waals surface area contributed by atoms with Crippen LogP contribution >= 0.6 is 0 Å². The predicted octanol–water partition coefficient (Wildman–Crippen LogP) is 1.54. The van der Waals surface area contributed by atoms with Crippen LogP contribution < -0.4 is 21.1 Å². The highest BCUT2D eigenvalue weighted by Crippen LogP contribution is 2.29. The van der Waals surface area contributed by atoms with Crippen molar-refractivity contribution in [3.8, 4) is 0 Å². The minimum atomic E-state index is -0.832. The fourth-order valence-corrected chi connectivity index (χ4v) is 3.94. The maximum absolute atomic E-state index is 12.8. The molecule has 152 valence electrons. The van der Waals surface area contributed by atoms with E-state index >= 15 is 0 Å². The molecule has 1 aromatic carbocycles. The van der Waals surface area contributed by atoms with E-state index in [-0.39, 0.29) is 35.2 Å². The van der Waals surface area contributed by atoms with E-state index in [0.717, 1.165) is 37.9 Å². The zero-order valence-electron chi connectivity index (χ0n) is 16.2. The highest BCUT2D eigenvalue weighted by molar-refractivity contribution is 6.00. The number of piperidine rings is 1. The molecule has 3 N–H and O–H groups in total. The van der Waals surface area contributed by atoms with Crippen molar-refractivity contribution in [1.82, 2.24) is 15.3 Å². The molecule has 0 spiro atoms. The van der Waals surface area contributed by atoms with E-state index in [1.165, 1.54) is 0 Å². The first-order valence-corrected chi connectivity index (χ1v) is 10.1. The number of nitrogens with zero attached hydrogens (tertiary/aromatic N) is 2. The number of fused-ring (bicyclic) bond motifs is 1. The van der Waals surface area contributed by atoms with Gasteiger partial charge in [-0.3, -0.25) is 19.4 Å². The molecular weight excluding hydrogens is 370 g/mol. The smallest absolute Gasteiger partial charge is 0.258 e. The molecule has 0 saturated carbocycles. The number of H-pyrrole nitrogens is 1. The summed E-state index contributed by atoms with van der Waals surface area (Å²) in [4.78, 5) is 47.0. The SMILES string of the molecule is O=C1C[C@@H](C(=O)NCCc2ccccc2)c2c(nc(N3CCCCC3)[nH]c2=O)N1. The Morgan fingerprint density at radius 3 is 2.66 bits per heavy atom. The van der Waals surface area contributed by atoms with Gasteiger partial charge >= 0.3 is 0 Å². The molecule has 2 aliphatic heterocycles. The van der Waals surface area contributed by atoms with Gasteiger partial charge in [-0.2, -0.15) is 4.98 Å². The van der Waals surface area contributed by atoms with Gasteiger partial charge in [0, 0.05) is 26.1 Å². The number of carbonyl (C=O) groups excluding carboxylic acids is 2. The first kappa shape index (κ1) is 19.2. The lowest BCUT2D eigenvalue weighted by Crippen LogP contribution is -2.41. The minimum absolute atomic E-state index is 0.0575. The molecule has 1 atom stereocenters. The van der Waals surface area contributed by atoms with E-state index in [0.29, 0.717) is 18.9 Å². The third kappa shape index (κ3) is 4.31. The van der Waals surface area contributed by atoms with Gasteiger partial charge in [0.25, 0.3) is 5.56 Å². The zero-order valence-corrected chi connectivity index (χ0v) is 16.2. The third-order valence-electron chi connectivity index (χ3n) is 5.47. The summed E-state index contributed by atoms with van der Waals surface area (Å²) in [6, 6.07) is 9.82. The summed E-state index contributed by atoms with van der Waals surface area (Å²) in [5.74, 6) is -0.799. The van der Waals surface area contributed by atoms with Gasteiger partial charge in [0.05, 0.1) is 11.5 Å². The number of rotatable bonds is 5. The lowest BCUT2D eigenvalue weighted by molar-refractivity contribution is -0.126. The van der Waals surface area contributed by atoms with Crippen LogP contribution in [0.1, 0.15) is 42.7 Å². The number of aromatic amines is 1.